The van der Waals surface area contributed by atoms with Crippen LogP contribution in [-0.4, -0.2) is 31.4 Å². The minimum absolute atomic E-state index is 0.0869. The van der Waals surface area contributed by atoms with Gasteiger partial charge in [-0.25, -0.2) is 17.1 Å². The van der Waals surface area contributed by atoms with E-state index in [1.54, 1.807) is 0 Å². The molecule has 0 aliphatic heterocycles. The van der Waals surface area contributed by atoms with Gasteiger partial charge in [0.05, 0.1) is 6.61 Å². The quantitative estimate of drug-likeness (QED) is 0.905. The summed E-state index contributed by atoms with van der Waals surface area (Å²) < 4.78 is 39.7. The molecule has 0 spiro atoms. The molecule has 1 fully saturated rings. The van der Waals surface area contributed by atoms with Gasteiger partial charge in [-0.15, -0.1) is 0 Å². The van der Waals surface area contributed by atoms with Gasteiger partial charge in [-0.05, 0) is 30.9 Å². The molecule has 106 valence electrons. The lowest BCUT2D eigenvalue weighted by atomic mass is 10.2. The molecule has 0 amide bonds. The van der Waals surface area contributed by atoms with Gasteiger partial charge in [0.15, 0.2) is 0 Å². The number of hydrogen-bond acceptors (Lipinski definition) is 3. The van der Waals surface area contributed by atoms with Gasteiger partial charge in [0, 0.05) is 24.2 Å². The summed E-state index contributed by atoms with van der Waals surface area (Å²) in [5, 5.41) is 9.11. The maximum atomic E-state index is 14.0. The van der Waals surface area contributed by atoms with Crippen LogP contribution in [0, 0.1) is 11.7 Å². The van der Waals surface area contributed by atoms with Crippen molar-refractivity contribution in [2.24, 2.45) is 5.92 Å². The first-order valence-corrected chi connectivity index (χ1v) is 7.73. The van der Waals surface area contributed by atoms with Crippen molar-refractivity contribution in [3.63, 3.8) is 0 Å². The SMILES string of the molecule is CN(CC1CC1)S(=O)(=O)c1cc(Cl)cc(CO)c1F. The fraction of sp³-hybridized carbons (Fsp3) is 0.500. The normalized spacial score (nSPS) is 16.1. The van der Waals surface area contributed by atoms with Crippen LogP contribution in [-0.2, 0) is 16.6 Å². The number of aliphatic hydroxyl groups is 1. The van der Waals surface area contributed by atoms with E-state index in [1.807, 2.05) is 0 Å². The van der Waals surface area contributed by atoms with Crippen molar-refractivity contribution in [1.82, 2.24) is 4.31 Å². The zero-order chi connectivity index (χ0) is 14.2. The van der Waals surface area contributed by atoms with E-state index in [0.29, 0.717) is 12.5 Å². The smallest absolute Gasteiger partial charge is 0.245 e. The topological polar surface area (TPSA) is 57.6 Å². The van der Waals surface area contributed by atoms with Gasteiger partial charge in [-0.1, -0.05) is 11.6 Å². The van der Waals surface area contributed by atoms with Crippen molar-refractivity contribution in [2.75, 3.05) is 13.6 Å². The molecule has 1 aliphatic carbocycles. The van der Waals surface area contributed by atoms with Crippen molar-refractivity contribution >= 4 is 21.6 Å². The van der Waals surface area contributed by atoms with E-state index in [9.17, 15) is 12.8 Å². The number of benzene rings is 1. The van der Waals surface area contributed by atoms with Crippen LogP contribution in [0.3, 0.4) is 0 Å². The lowest BCUT2D eigenvalue weighted by Crippen LogP contribution is -2.29. The second-order valence-electron chi connectivity index (χ2n) is 4.76. The van der Waals surface area contributed by atoms with Gasteiger partial charge in [-0.2, -0.15) is 0 Å². The summed E-state index contributed by atoms with van der Waals surface area (Å²) in [4.78, 5) is -0.479. The summed E-state index contributed by atoms with van der Waals surface area (Å²) in [7, 11) is -2.49. The molecule has 0 atom stereocenters. The summed E-state index contributed by atoms with van der Waals surface area (Å²) in [5.74, 6) is -0.575. The van der Waals surface area contributed by atoms with Gasteiger partial charge >= 0.3 is 0 Å². The Labute approximate surface area is 116 Å². The molecule has 1 N–H and O–H groups in total. The predicted octanol–water partition coefficient (Wildman–Crippen LogP) is 2.00. The standard InChI is InChI=1S/C12H15ClFNO3S/c1-15(6-8-2-3-8)19(17,18)11-5-10(13)4-9(7-16)12(11)14/h4-5,8,16H,2-3,6-7H2,1H3. The van der Waals surface area contributed by atoms with Crippen molar-refractivity contribution in [1.29, 1.82) is 0 Å². The third-order valence-electron chi connectivity index (χ3n) is 3.15. The number of hydrogen-bond donors (Lipinski definition) is 1. The second kappa shape index (κ2) is 5.36. The third kappa shape index (κ3) is 3.08. The Morgan fingerprint density at radius 3 is 2.63 bits per heavy atom. The van der Waals surface area contributed by atoms with Crippen LogP contribution in [0.4, 0.5) is 4.39 Å². The van der Waals surface area contributed by atoms with Crippen LogP contribution in [0.5, 0.6) is 0 Å². The molecule has 0 heterocycles. The summed E-state index contributed by atoms with van der Waals surface area (Å²) in [6, 6.07) is 2.30. The average molecular weight is 308 g/mol. The molecule has 19 heavy (non-hydrogen) atoms. The fourth-order valence-corrected chi connectivity index (χ4v) is 3.53. The molecule has 2 rings (SSSR count). The lowest BCUT2D eigenvalue weighted by molar-refractivity contribution is 0.274. The zero-order valence-electron chi connectivity index (χ0n) is 10.4. The van der Waals surface area contributed by atoms with E-state index in [0.717, 1.165) is 23.2 Å². The second-order valence-corrected chi connectivity index (χ2v) is 7.21. The molecule has 1 saturated carbocycles. The van der Waals surface area contributed by atoms with Crippen molar-refractivity contribution in [2.45, 2.75) is 24.3 Å². The van der Waals surface area contributed by atoms with E-state index in [2.05, 4.69) is 0 Å². The number of rotatable bonds is 5. The molecular formula is C12H15ClFNO3S. The van der Waals surface area contributed by atoms with Crippen LogP contribution in [0.1, 0.15) is 18.4 Å². The van der Waals surface area contributed by atoms with Crippen LogP contribution < -0.4 is 0 Å². The molecule has 0 radical (unpaired) electrons. The maximum absolute atomic E-state index is 14.0. The van der Waals surface area contributed by atoms with Gasteiger partial charge in [0.25, 0.3) is 0 Å². The van der Waals surface area contributed by atoms with E-state index < -0.39 is 27.3 Å². The molecule has 1 aromatic carbocycles. The molecule has 0 unspecified atom stereocenters. The first-order valence-electron chi connectivity index (χ1n) is 5.91. The Kier molecular flexibility index (Phi) is 4.15. The highest BCUT2D eigenvalue weighted by Crippen LogP contribution is 2.32. The first kappa shape index (κ1) is 14.7. The Hall–Kier alpha value is -0.690. The van der Waals surface area contributed by atoms with E-state index >= 15 is 0 Å². The van der Waals surface area contributed by atoms with Gasteiger partial charge in [0.1, 0.15) is 10.7 Å². The highest BCUT2D eigenvalue weighted by molar-refractivity contribution is 7.89. The third-order valence-corrected chi connectivity index (χ3v) is 5.19. The highest BCUT2D eigenvalue weighted by atomic mass is 35.5. The monoisotopic (exact) mass is 307 g/mol. The predicted molar refractivity (Wildman–Crippen MR) is 69.9 cm³/mol. The molecule has 0 bridgehead atoms. The lowest BCUT2D eigenvalue weighted by Gasteiger charge is -2.18. The maximum Gasteiger partial charge on any atom is 0.245 e. The molecule has 4 nitrogen and oxygen atoms in total. The van der Waals surface area contributed by atoms with E-state index in [1.165, 1.54) is 13.1 Å². The van der Waals surface area contributed by atoms with E-state index in [4.69, 9.17) is 16.7 Å². The van der Waals surface area contributed by atoms with Gasteiger partial charge in [0.2, 0.25) is 10.0 Å². The van der Waals surface area contributed by atoms with Crippen molar-refractivity contribution in [3.8, 4) is 0 Å². The highest BCUT2D eigenvalue weighted by Gasteiger charge is 2.31. The minimum atomic E-state index is -3.92. The Morgan fingerprint density at radius 1 is 1.47 bits per heavy atom. The Balaban J connectivity index is 2.41. The summed E-state index contributed by atoms with van der Waals surface area (Å²) in [5.41, 5.74) is -0.120. The zero-order valence-corrected chi connectivity index (χ0v) is 12.0. The van der Waals surface area contributed by atoms with Crippen molar-refractivity contribution in [3.05, 3.63) is 28.5 Å². The summed E-state index contributed by atoms with van der Waals surface area (Å²) in [6.45, 7) is -0.218. The Bertz CT molecular complexity index is 587. The molecule has 0 saturated heterocycles. The number of halogens is 2. The molecule has 1 aromatic rings. The van der Waals surface area contributed by atoms with Gasteiger partial charge in [-0.3, -0.25) is 0 Å². The summed E-state index contributed by atoms with van der Waals surface area (Å²) >= 11 is 5.77. The van der Waals surface area contributed by atoms with Crippen LogP contribution >= 0.6 is 11.6 Å². The minimum Gasteiger partial charge on any atom is -0.392 e. The van der Waals surface area contributed by atoms with E-state index in [-0.39, 0.29) is 10.6 Å². The largest absolute Gasteiger partial charge is 0.392 e. The first-order chi connectivity index (χ1) is 8.86. The average Bonchev–Trinajstić information content (AvgIpc) is 3.15. The fourth-order valence-electron chi connectivity index (χ4n) is 1.85. The van der Waals surface area contributed by atoms with Crippen LogP contribution in [0.2, 0.25) is 5.02 Å². The molecule has 1 aliphatic rings. The summed E-state index contributed by atoms with van der Waals surface area (Å²) in [6.07, 6.45) is 2.00. The number of sulfonamides is 1. The molecule has 0 aromatic heterocycles. The number of nitrogens with zero attached hydrogens (tertiary/aromatic N) is 1. The molecular weight excluding hydrogens is 293 g/mol. The molecule has 7 heteroatoms. The van der Waals surface area contributed by atoms with Crippen LogP contribution in [0.25, 0.3) is 0 Å². The number of aliphatic hydroxyl groups excluding tert-OH is 1. The van der Waals surface area contributed by atoms with Gasteiger partial charge < -0.3 is 5.11 Å². The Morgan fingerprint density at radius 2 is 2.11 bits per heavy atom. The van der Waals surface area contributed by atoms with Crippen LogP contribution in [0.15, 0.2) is 17.0 Å². The van der Waals surface area contributed by atoms with Crippen molar-refractivity contribution < 1.29 is 17.9 Å².